The number of nitriles is 1. The number of rotatable bonds is 4. The summed E-state index contributed by atoms with van der Waals surface area (Å²) in [6.07, 6.45) is 4.54. The second-order valence-electron chi connectivity index (χ2n) is 4.92. The van der Waals surface area contributed by atoms with Gasteiger partial charge in [-0.1, -0.05) is 0 Å². The Labute approximate surface area is 114 Å². The molecule has 0 amide bonds. The number of methoxy groups -OCH3 is 1. The number of anilines is 1. The van der Waals surface area contributed by atoms with Crippen molar-refractivity contribution in [3.8, 4) is 11.8 Å². The van der Waals surface area contributed by atoms with Crippen LogP contribution in [0, 0.1) is 11.3 Å². The predicted molar refractivity (Wildman–Crippen MR) is 76.4 cm³/mol. The van der Waals surface area contributed by atoms with E-state index in [-0.39, 0.29) is 0 Å². The maximum atomic E-state index is 9.29. The van der Waals surface area contributed by atoms with Gasteiger partial charge >= 0.3 is 0 Å². The molecule has 0 saturated carbocycles. The van der Waals surface area contributed by atoms with Crippen molar-refractivity contribution >= 4 is 5.69 Å². The molecule has 1 aliphatic heterocycles. The van der Waals surface area contributed by atoms with Crippen molar-refractivity contribution in [1.82, 2.24) is 0 Å². The van der Waals surface area contributed by atoms with Crippen molar-refractivity contribution in [2.45, 2.75) is 31.7 Å². The SMILES string of the molecule is COc1ccc(C#N)c(N2CCCCC2CCN)c1. The van der Waals surface area contributed by atoms with Crippen LogP contribution in [-0.4, -0.2) is 26.2 Å². The van der Waals surface area contributed by atoms with E-state index in [1.807, 2.05) is 18.2 Å². The lowest BCUT2D eigenvalue weighted by Crippen LogP contribution is -2.41. The van der Waals surface area contributed by atoms with Crippen molar-refractivity contribution in [3.63, 3.8) is 0 Å². The van der Waals surface area contributed by atoms with E-state index in [9.17, 15) is 5.26 Å². The van der Waals surface area contributed by atoms with Crippen LogP contribution in [-0.2, 0) is 0 Å². The van der Waals surface area contributed by atoms with Crippen LogP contribution in [0.4, 0.5) is 5.69 Å². The Kier molecular flexibility index (Phi) is 4.64. The van der Waals surface area contributed by atoms with E-state index >= 15 is 0 Å². The van der Waals surface area contributed by atoms with Gasteiger partial charge in [0.1, 0.15) is 11.8 Å². The van der Waals surface area contributed by atoms with Gasteiger partial charge in [-0.15, -0.1) is 0 Å². The summed E-state index contributed by atoms with van der Waals surface area (Å²) in [5.74, 6) is 0.797. The third-order valence-electron chi connectivity index (χ3n) is 3.76. The van der Waals surface area contributed by atoms with E-state index in [2.05, 4.69) is 11.0 Å². The first-order valence-corrected chi connectivity index (χ1v) is 6.85. The van der Waals surface area contributed by atoms with Crippen LogP contribution in [0.3, 0.4) is 0 Å². The number of ether oxygens (including phenoxy) is 1. The molecule has 1 aromatic carbocycles. The Bertz CT molecular complexity index is 465. The molecule has 0 radical (unpaired) electrons. The van der Waals surface area contributed by atoms with Crippen molar-refractivity contribution in [2.24, 2.45) is 5.73 Å². The smallest absolute Gasteiger partial charge is 0.121 e. The molecule has 1 atom stereocenters. The van der Waals surface area contributed by atoms with Gasteiger partial charge in [-0.2, -0.15) is 5.26 Å². The van der Waals surface area contributed by atoms with Crippen molar-refractivity contribution in [1.29, 1.82) is 5.26 Å². The molecule has 19 heavy (non-hydrogen) atoms. The minimum absolute atomic E-state index is 0.443. The molecular formula is C15H21N3O. The first-order chi connectivity index (χ1) is 9.30. The third kappa shape index (κ3) is 2.99. The minimum Gasteiger partial charge on any atom is -0.497 e. The maximum absolute atomic E-state index is 9.29. The highest BCUT2D eigenvalue weighted by molar-refractivity contribution is 5.63. The third-order valence-corrected chi connectivity index (χ3v) is 3.76. The molecule has 1 aromatic rings. The van der Waals surface area contributed by atoms with E-state index in [0.717, 1.165) is 30.8 Å². The monoisotopic (exact) mass is 259 g/mol. The van der Waals surface area contributed by atoms with Crippen LogP contribution in [0.25, 0.3) is 0 Å². The molecule has 1 aliphatic rings. The molecule has 1 saturated heterocycles. The summed E-state index contributed by atoms with van der Waals surface area (Å²) in [5, 5.41) is 9.29. The normalized spacial score (nSPS) is 19.0. The Morgan fingerprint density at radius 3 is 3.00 bits per heavy atom. The molecular weight excluding hydrogens is 238 g/mol. The topological polar surface area (TPSA) is 62.3 Å². The summed E-state index contributed by atoms with van der Waals surface area (Å²) in [5.41, 5.74) is 7.41. The number of nitrogens with two attached hydrogens (primary N) is 1. The number of hydrogen-bond donors (Lipinski definition) is 1. The molecule has 0 spiro atoms. The average molecular weight is 259 g/mol. The lowest BCUT2D eigenvalue weighted by atomic mass is 9.97. The van der Waals surface area contributed by atoms with Gasteiger partial charge in [0, 0.05) is 18.7 Å². The van der Waals surface area contributed by atoms with E-state index in [1.54, 1.807) is 7.11 Å². The molecule has 0 bridgehead atoms. The summed E-state index contributed by atoms with van der Waals surface area (Å²) in [7, 11) is 1.65. The number of piperidine rings is 1. The van der Waals surface area contributed by atoms with Crippen molar-refractivity contribution in [3.05, 3.63) is 23.8 Å². The molecule has 102 valence electrons. The highest BCUT2D eigenvalue weighted by Gasteiger charge is 2.24. The maximum Gasteiger partial charge on any atom is 0.121 e. The lowest BCUT2D eigenvalue weighted by molar-refractivity contribution is 0.412. The molecule has 4 nitrogen and oxygen atoms in total. The molecule has 4 heteroatoms. The first-order valence-electron chi connectivity index (χ1n) is 6.85. The van der Waals surface area contributed by atoms with Gasteiger partial charge in [-0.3, -0.25) is 0 Å². The van der Waals surface area contributed by atoms with E-state index in [0.29, 0.717) is 18.2 Å². The van der Waals surface area contributed by atoms with E-state index in [1.165, 1.54) is 12.8 Å². The fourth-order valence-electron chi connectivity index (χ4n) is 2.78. The predicted octanol–water partition coefficient (Wildman–Crippen LogP) is 2.27. The van der Waals surface area contributed by atoms with Crippen molar-refractivity contribution in [2.75, 3.05) is 25.1 Å². The van der Waals surface area contributed by atoms with Gasteiger partial charge in [0.2, 0.25) is 0 Å². The van der Waals surface area contributed by atoms with E-state index in [4.69, 9.17) is 10.5 Å². The van der Waals surface area contributed by atoms with Crippen LogP contribution in [0.5, 0.6) is 5.75 Å². The standard InChI is InChI=1S/C15H21N3O/c1-19-14-6-5-12(11-17)15(10-14)18-9-3-2-4-13(18)7-8-16/h5-6,10,13H,2-4,7-9,16H2,1H3. The summed E-state index contributed by atoms with van der Waals surface area (Å²) >= 11 is 0. The van der Waals surface area contributed by atoms with Crippen LogP contribution in [0.2, 0.25) is 0 Å². The van der Waals surface area contributed by atoms with Crippen LogP contribution >= 0.6 is 0 Å². The van der Waals surface area contributed by atoms with Gasteiger partial charge in [0.15, 0.2) is 0 Å². The zero-order chi connectivity index (χ0) is 13.7. The molecule has 2 N–H and O–H groups in total. The summed E-state index contributed by atoms with van der Waals surface area (Å²) in [6.45, 7) is 1.68. The quantitative estimate of drug-likeness (QED) is 0.901. The van der Waals surface area contributed by atoms with Gasteiger partial charge in [0.05, 0.1) is 18.4 Å². The molecule has 0 aromatic heterocycles. The largest absolute Gasteiger partial charge is 0.497 e. The minimum atomic E-state index is 0.443. The molecule has 1 heterocycles. The Morgan fingerprint density at radius 2 is 2.32 bits per heavy atom. The molecule has 1 unspecified atom stereocenters. The Morgan fingerprint density at radius 1 is 1.47 bits per heavy atom. The highest BCUT2D eigenvalue weighted by Crippen LogP contribution is 2.31. The van der Waals surface area contributed by atoms with Crippen LogP contribution in [0.1, 0.15) is 31.2 Å². The van der Waals surface area contributed by atoms with E-state index < -0.39 is 0 Å². The average Bonchev–Trinajstić information content (AvgIpc) is 2.47. The highest BCUT2D eigenvalue weighted by atomic mass is 16.5. The number of benzene rings is 1. The summed E-state index contributed by atoms with van der Waals surface area (Å²) in [4.78, 5) is 2.33. The second kappa shape index (κ2) is 6.44. The van der Waals surface area contributed by atoms with Crippen LogP contribution < -0.4 is 15.4 Å². The van der Waals surface area contributed by atoms with Crippen LogP contribution in [0.15, 0.2) is 18.2 Å². The summed E-state index contributed by atoms with van der Waals surface area (Å²) in [6, 6.07) is 8.36. The lowest BCUT2D eigenvalue weighted by Gasteiger charge is -2.38. The molecule has 2 rings (SSSR count). The fraction of sp³-hybridized carbons (Fsp3) is 0.533. The first kappa shape index (κ1) is 13.7. The zero-order valence-electron chi connectivity index (χ0n) is 11.4. The molecule has 1 fully saturated rings. The summed E-state index contributed by atoms with van der Waals surface area (Å²) < 4.78 is 5.28. The fourth-order valence-corrected chi connectivity index (χ4v) is 2.78. The number of hydrogen-bond acceptors (Lipinski definition) is 4. The Balaban J connectivity index is 2.34. The Hall–Kier alpha value is -1.73. The van der Waals surface area contributed by atoms with Gasteiger partial charge < -0.3 is 15.4 Å². The number of nitrogens with zero attached hydrogens (tertiary/aromatic N) is 2. The zero-order valence-corrected chi connectivity index (χ0v) is 11.4. The second-order valence-corrected chi connectivity index (χ2v) is 4.92. The van der Waals surface area contributed by atoms with Gasteiger partial charge in [-0.05, 0) is 44.4 Å². The van der Waals surface area contributed by atoms with Gasteiger partial charge in [0.25, 0.3) is 0 Å². The molecule has 0 aliphatic carbocycles. The van der Waals surface area contributed by atoms with Gasteiger partial charge in [-0.25, -0.2) is 0 Å². The van der Waals surface area contributed by atoms with Crippen molar-refractivity contribution < 1.29 is 4.74 Å².